The van der Waals surface area contributed by atoms with Crippen LogP contribution in [0, 0.1) is 0 Å². The van der Waals surface area contributed by atoms with Gasteiger partial charge in [0.1, 0.15) is 5.60 Å². The molecule has 1 amide bonds. The van der Waals surface area contributed by atoms with Gasteiger partial charge in [0.2, 0.25) is 0 Å². The van der Waals surface area contributed by atoms with Crippen LogP contribution in [0.2, 0.25) is 0 Å². The highest BCUT2D eigenvalue weighted by Crippen LogP contribution is 2.32. The number of likely N-dealkylation sites (tertiary alicyclic amines) is 1. The second-order valence-electron chi connectivity index (χ2n) is 6.40. The van der Waals surface area contributed by atoms with Gasteiger partial charge in [0.15, 0.2) is 0 Å². The molecule has 2 atom stereocenters. The van der Waals surface area contributed by atoms with E-state index in [9.17, 15) is 9.90 Å². The lowest BCUT2D eigenvalue weighted by molar-refractivity contribution is 0.00538. The first kappa shape index (κ1) is 17.6. The minimum Gasteiger partial charge on any atom is -0.444 e. The Hall–Kier alpha value is -0.720. The molecule has 1 aromatic carbocycles. The Morgan fingerprint density at radius 3 is 2.77 bits per heavy atom. The third kappa shape index (κ3) is 5.18. The van der Waals surface area contributed by atoms with Crippen LogP contribution < -0.4 is 0 Å². The number of ether oxygens (including phenoxy) is 1. The van der Waals surface area contributed by atoms with E-state index in [0.717, 1.165) is 15.8 Å². The summed E-state index contributed by atoms with van der Waals surface area (Å²) in [6, 6.07) is 8.03. The van der Waals surface area contributed by atoms with Crippen LogP contribution in [0.1, 0.15) is 27.2 Å². The van der Waals surface area contributed by atoms with E-state index < -0.39 is 11.7 Å². The summed E-state index contributed by atoms with van der Waals surface area (Å²) in [5.74, 6) is 0. The number of halogens is 1. The van der Waals surface area contributed by atoms with E-state index in [4.69, 9.17) is 4.74 Å². The van der Waals surface area contributed by atoms with Crippen molar-refractivity contribution in [2.75, 3.05) is 13.1 Å². The zero-order valence-electron chi connectivity index (χ0n) is 13.1. The maximum Gasteiger partial charge on any atom is 0.410 e. The van der Waals surface area contributed by atoms with Gasteiger partial charge in [-0.2, -0.15) is 0 Å². The quantitative estimate of drug-likeness (QED) is 0.835. The van der Waals surface area contributed by atoms with Gasteiger partial charge in [-0.05, 0) is 45.4 Å². The molecule has 1 fully saturated rings. The van der Waals surface area contributed by atoms with E-state index in [-0.39, 0.29) is 11.3 Å². The van der Waals surface area contributed by atoms with Crippen molar-refractivity contribution < 1.29 is 14.6 Å². The topological polar surface area (TPSA) is 49.8 Å². The summed E-state index contributed by atoms with van der Waals surface area (Å²) in [4.78, 5) is 14.8. The molecule has 2 unspecified atom stereocenters. The van der Waals surface area contributed by atoms with Crippen molar-refractivity contribution in [2.24, 2.45) is 0 Å². The number of piperidine rings is 1. The number of nitrogens with zero attached hydrogens (tertiary/aromatic N) is 1. The number of carbonyl (C=O) groups is 1. The normalized spacial score (nSPS) is 22.5. The van der Waals surface area contributed by atoms with Gasteiger partial charge in [-0.3, -0.25) is 0 Å². The molecule has 0 radical (unpaired) electrons. The SMILES string of the molecule is CC(C)(C)OC(=O)N1CCC(Sc2cccc(Br)c2)C(O)C1. The highest BCUT2D eigenvalue weighted by molar-refractivity contribution is 9.10. The Bertz CT molecular complexity index is 532. The fraction of sp³-hybridized carbons (Fsp3) is 0.562. The number of rotatable bonds is 2. The first-order valence-electron chi connectivity index (χ1n) is 7.33. The number of aliphatic hydroxyl groups excluding tert-OH is 1. The molecule has 22 heavy (non-hydrogen) atoms. The Labute approximate surface area is 144 Å². The number of carbonyl (C=O) groups excluding carboxylic acids is 1. The van der Waals surface area contributed by atoms with Crippen LogP contribution in [0.4, 0.5) is 4.79 Å². The fourth-order valence-corrected chi connectivity index (χ4v) is 3.97. The number of hydrogen-bond donors (Lipinski definition) is 1. The summed E-state index contributed by atoms with van der Waals surface area (Å²) in [5, 5.41) is 10.4. The van der Waals surface area contributed by atoms with E-state index in [0.29, 0.717) is 13.1 Å². The molecule has 122 valence electrons. The van der Waals surface area contributed by atoms with Gasteiger partial charge in [-0.15, -0.1) is 11.8 Å². The van der Waals surface area contributed by atoms with Gasteiger partial charge >= 0.3 is 6.09 Å². The van der Waals surface area contributed by atoms with Crippen molar-refractivity contribution >= 4 is 33.8 Å². The summed E-state index contributed by atoms with van der Waals surface area (Å²) >= 11 is 5.11. The summed E-state index contributed by atoms with van der Waals surface area (Å²) < 4.78 is 6.38. The Morgan fingerprint density at radius 1 is 1.45 bits per heavy atom. The molecule has 6 heteroatoms. The Kier molecular flexibility index (Phi) is 5.80. The van der Waals surface area contributed by atoms with Crippen molar-refractivity contribution in [3.8, 4) is 0 Å². The lowest BCUT2D eigenvalue weighted by atomic mass is 10.1. The summed E-state index contributed by atoms with van der Waals surface area (Å²) in [7, 11) is 0. The molecule has 1 aliphatic rings. The van der Waals surface area contributed by atoms with Crippen LogP contribution in [0.5, 0.6) is 0 Å². The standard InChI is InChI=1S/C16H22BrNO3S/c1-16(2,3)21-15(20)18-8-7-14(13(19)10-18)22-12-6-4-5-11(17)9-12/h4-6,9,13-14,19H,7-8,10H2,1-3H3. The van der Waals surface area contributed by atoms with Gasteiger partial charge in [-0.25, -0.2) is 4.79 Å². The van der Waals surface area contributed by atoms with Gasteiger partial charge in [0, 0.05) is 21.2 Å². The molecule has 1 heterocycles. The van der Waals surface area contributed by atoms with Gasteiger partial charge < -0.3 is 14.7 Å². The van der Waals surface area contributed by atoms with E-state index in [2.05, 4.69) is 15.9 Å². The lowest BCUT2D eigenvalue weighted by Gasteiger charge is -2.36. The molecule has 1 aromatic rings. The first-order chi connectivity index (χ1) is 10.2. The van der Waals surface area contributed by atoms with Crippen molar-refractivity contribution in [2.45, 2.75) is 49.0 Å². The third-order valence-corrected chi connectivity index (χ3v) is 5.13. The van der Waals surface area contributed by atoms with E-state index in [1.54, 1.807) is 16.7 Å². The number of amides is 1. The smallest absolute Gasteiger partial charge is 0.410 e. The maximum atomic E-state index is 12.0. The molecule has 0 spiro atoms. The molecule has 1 saturated heterocycles. The van der Waals surface area contributed by atoms with Crippen LogP contribution >= 0.6 is 27.7 Å². The molecule has 0 aliphatic carbocycles. The highest BCUT2D eigenvalue weighted by atomic mass is 79.9. The van der Waals surface area contributed by atoms with Gasteiger partial charge in [0.05, 0.1) is 12.6 Å². The number of thioether (sulfide) groups is 1. The number of benzene rings is 1. The Morgan fingerprint density at radius 2 is 2.18 bits per heavy atom. The number of aliphatic hydroxyl groups is 1. The first-order valence-corrected chi connectivity index (χ1v) is 9.00. The minimum atomic E-state index is -0.551. The maximum absolute atomic E-state index is 12.0. The van der Waals surface area contributed by atoms with Crippen LogP contribution in [0.25, 0.3) is 0 Å². The molecule has 0 aromatic heterocycles. The largest absolute Gasteiger partial charge is 0.444 e. The monoisotopic (exact) mass is 387 g/mol. The predicted molar refractivity (Wildman–Crippen MR) is 92.2 cm³/mol. The van der Waals surface area contributed by atoms with Crippen molar-refractivity contribution in [3.63, 3.8) is 0 Å². The molecule has 1 aliphatic heterocycles. The summed E-state index contributed by atoms with van der Waals surface area (Å²) in [6.07, 6.45) is -0.153. The average Bonchev–Trinajstić information content (AvgIpc) is 2.39. The molecule has 4 nitrogen and oxygen atoms in total. The van der Waals surface area contributed by atoms with E-state index in [1.165, 1.54) is 0 Å². The minimum absolute atomic E-state index is 0.0907. The van der Waals surface area contributed by atoms with Gasteiger partial charge in [0.25, 0.3) is 0 Å². The molecule has 0 saturated carbocycles. The Balaban J connectivity index is 1.91. The molecule has 0 bridgehead atoms. The van der Waals surface area contributed by atoms with Crippen molar-refractivity contribution in [3.05, 3.63) is 28.7 Å². The average molecular weight is 388 g/mol. The summed E-state index contributed by atoms with van der Waals surface area (Å²) in [5.41, 5.74) is -0.510. The second kappa shape index (κ2) is 7.23. The second-order valence-corrected chi connectivity index (χ2v) is 8.62. The fourth-order valence-electron chi connectivity index (χ4n) is 2.25. The van der Waals surface area contributed by atoms with E-state index in [1.807, 2.05) is 45.0 Å². The van der Waals surface area contributed by atoms with Crippen LogP contribution in [0.3, 0.4) is 0 Å². The predicted octanol–water partition coefficient (Wildman–Crippen LogP) is 3.91. The molecule has 2 rings (SSSR count). The van der Waals surface area contributed by atoms with E-state index >= 15 is 0 Å². The van der Waals surface area contributed by atoms with Crippen molar-refractivity contribution in [1.29, 1.82) is 0 Å². The van der Waals surface area contributed by atoms with Crippen LogP contribution in [0.15, 0.2) is 33.6 Å². The molecule has 1 N–H and O–H groups in total. The summed E-state index contributed by atoms with van der Waals surface area (Å²) in [6.45, 7) is 6.46. The van der Waals surface area contributed by atoms with Crippen LogP contribution in [-0.2, 0) is 4.74 Å². The zero-order valence-corrected chi connectivity index (χ0v) is 15.5. The van der Waals surface area contributed by atoms with Gasteiger partial charge in [-0.1, -0.05) is 22.0 Å². The number of β-amino-alcohol motifs (C(OH)–C–C–N with tert-alkyl or cyclic N) is 1. The molecular formula is C16H22BrNO3S. The third-order valence-electron chi connectivity index (χ3n) is 3.26. The van der Waals surface area contributed by atoms with Crippen LogP contribution in [-0.4, -0.2) is 46.1 Å². The lowest BCUT2D eigenvalue weighted by Crippen LogP contribution is -2.49. The molecular weight excluding hydrogens is 366 g/mol. The van der Waals surface area contributed by atoms with Crippen molar-refractivity contribution in [1.82, 2.24) is 4.90 Å². The zero-order chi connectivity index (χ0) is 16.3. The highest BCUT2D eigenvalue weighted by Gasteiger charge is 2.32. The number of hydrogen-bond acceptors (Lipinski definition) is 4.